The Morgan fingerprint density at radius 1 is 1.22 bits per heavy atom. The van der Waals surface area contributed by atoms with Crippen LogP contribution in [0.1, 0.15) is 10.4 Å². The normalized spacial score (nSPS) is 16.3. The van der Waals surface area contributed by atoms with Gasteiger partial charge < -0.3 is 19.1 Å². The molecule has 0 aromatic heterocycles. The molecule has 0 amide bonds. The van der Waals surface area contributed by atoms with Gasteiger partial charge in [0.1, 0.15) is 24.2 Å². The van der Waals surface area contributed by atoms with Crippen molar-refractivity contribution in [2.24, 2.45) is 0 Å². The summed E-state index contributed by atoms with van der Waals surface area (Å²) in [5, 5.41) is 0. The molecule has 0 bridgehead atoms. The highest BCUT2D eigenvalue weighted by Gasteiger charge is 2.23. The second-order valence-corrected chi connectivity index (χ2v) is 5.42. The number of hydrogen-bond acceptors (Lipinski definition) is 5. The molecule has 1 aliphatic heterocycles. The zero-order valence-corrected chi connectivity index (χ0v) is 13.2. The Hall–Kier alpha value is -2.69. The van der Waals surface area contributed by atoms with Gasteiger partial charge in [-0.2, -0.15) is 0 Å². The second-order valence-electron chi connectivity index (χ2n) is 5.42. The van der Waals surface area contributed by atoms with Gasteiger partial charge in [-0.25, -0.2) is 4.79 Å². The fraction of sp³-hybridized carbons (Fsp3) is 0.278. The van der Waals surface area contributed by atoms with Gasteiger partial charge in [-0.3, -0.25) is 0 Å². The number of likely N-dealkylation sites (N-methyl/N-ethyl adjacent to an activating group) is 1. The van der Waals surface area contributed by atoms with E-state index in [9.17, 15) is 4.79 Å². The first-order valence-corrected chi connectivity index (χ1v) is 7.45. The summed E-state index contributed by atoms with van der Waals surface area (Å²) in [6, 6.07) is 14.8. The molecule has 120 valence electrons. The maximum absolute atomic E-state index is 11.4. The molecule has 23 heavy (non-hydrogen) atoms. The summed E-state index contributed by atoms with van der Waals surface area (Å²) >= 11 is 0. The number of nitrogens with zero attached hydrogens (tertiary/aromatic N) is 1. The first-order chi connectivity index (χ1) is 11.2. The van der Waals surface area contributed by atoms with Crippen LogP contribution in [0.2, 0.25) is 0 Å². The van der Waals surface area contributed by atoms with E-state index in [-0.39, 0.29) is 12.1 Å². The summed E-state index contributed by atoms with van der Waals surface area (Å²) in [5.41, 5.74) is 1.59. The molecule has 0 saturated heterocycles. The number of carbonyl (C=O) groups excluding carboxylic acids is 1. The predicted octanol–water partition coefficient (Wildman–Crippen LogP) is 2.75. The lowest BCUT2D eigenvalue weighted by molar-refractivity contribution is 0.0600. The van der Waals surface area contributed by atoms with Gasteiger partial charge in [0.15, 0.2) is 0 Å². The third-order valence-electron chi connectivity index (χ3n) is 3.76. The minimum absolute atomic E-state index is 0.0461. The van der Waals surface area contributed by atoms with Crippen LogP contribution in [0.3, 0.4) is 0 Å². The number of ether oxygens (including phenoxy) is 3. The van der Waals surface area contributed by atoms with E-state index in [4.69, 9.17) is 9.47 Å². The van der Waals surface area contributed by atoms with Crippen molar-refractivity contribution >= 4 is 11.7 Å². The Balaban J connectivity index is 1.60. The summed E-state index contributed by atoms with van der Waals surface area (Å²) in [6.07, 6.45) is -0.0461. The molecule has 0 radical (unpaired) electrons. The molecule has 1 aliphatic rings. The molecule has 5 nitrogen and oxygen atoms in total. The summed E-state index contributed by atoms with van der Waals surface area (Å²) < 4.78 is 16.4. The lowest BCUT2D eigenvalue weighted by atomic mass is 10.2. The van der Waals surface area contributed by atoms with Gasteiger partial charge in [-0.15, -0.1) is 0 Å². The van der Waals surface area contributed by atoms with Crippen LogP contribution in [-0.4, -0.2) is 39.4 Å². The molecule has 0 unspecified atom stereocenters. The Bertz CT molecular complexity index is 684. The highest BCUT2D eigenvalue weighted by Crippen LogP contribution is 2.31. The lowest BCUT2D eigenvalue weighted by Crippen LogP contribution is -2.41. The molecule has 1 atom stereocenters. The number of rotatable bonds is 4. The molecule has 0 spiro atoms. The Labute approximate surface area is 135 Å². The topological polar surface area (TPSA) is 48.0 Å². The summed E-state index contributed by atoms with van der Waals surface area (Å²) in [7, 11) is 3.40. The standard InChI is InChI=1S/C18H19NO4/c1-19-11-15(23-17-6-4-3-5-16(17)19)12-22-14-9-7-13(8-10-14)18(20)21-2/h3-10,15H,11-12H2,1-2H3/t15-/m0/s1. The lowest BCUT2D eigenvalue weighted by Gasteiger charge is -2.33. The van der Waals surface area contributed by atoms with E-state index in [1.165, 1.54) is 7.11 Å². The number of benzene rings is 2. The maximum Gasteiger partial charge on any atom is 0.337 e. The number of para-hydroxylation sites is 2. The van der Waals surface area contributed by atoms with Crippen molar-refractivity contribution in [3.63, 3.8) is 0 Å². The first-order valence-electron chi connectivity index (χ1n) is 7.45. The number of hydrogen-bond donors (Lipinski definition) is 0. The van der Waals surface area contributed by atoms with Gasteiger partial charge in [-0.05, 0) is 36.4 Å². The van der Waals surface area contributed by atoms with Gasteiger partial charge in [0.05, 0.1) is 24.9 Å². The highest BCUT2D eigenvalue weighted by atomic mass is 16.5. The van der Waals surface area contributed by atoms with Crippen molar-refractivity contribution in [1.29, 1.82) is 0 Å². The Morgan fingerprint density at radius 2 is 1.96 bits per heavy atom. The molecule has 0 N–H and O–H groups in total. The minimum atomic E-state index is -0.356. The number of esters is 1. The van der Waals surface area contributed by atoms with Gasteiger partial charge in [0, 0.05) is 7.05 Å². The number of fused-ring (bicyclic) bond motifs is 1. The molecule has 0 fully saturated rings. The Morgan fingerprint density at radius 3 is 2.70 bits per heavy atom. The van der Waals surface area contributed by atoms with E-state index < -0.39 is 0 Å². The molecule has 0 aliphatic carbocycles. The van der Waals surface area contributed by atoms with E-state index >= 15 is 0 Å². The zero-order valence-electron chi connectivity index (χ0n) is 13.2. The largest absolute Gasteiger partial charge is 0.490 e. The molecule has 0 saturated carbocycles. The van der Waals surface area contributed by atoms with Crippen LogP contribution in [0.5, 0.6) is 11.5 Å². The fourth-order valence-electron chi connectivity index (χ4n) is 2.57. The van der Waals surface area contributed by atoms with Crippen molar-refractivity contribution in [3.8, 4) is 11.5 Å². The van der Waals surface area contributed by atoms with E-state index in [0.717, 1.165) is 18.0 Å². The quantitative estimate of drug-likeness (QED) is 0.812. The third kappa shape index (κ3) is 3.39. The molecule has 1 heterocycles. The minimum Gasteiger partial charge on any atom is -0.490 e. The smallest absolute Gasteiger partial charge is 0.337 e. The maximum atomic E-state index is 11.4. The molecular formula is C18H19NO4. The van der Waals surface area contributed by atoms with Gasteiger partial charge in [-0.1, -0.05) is 12.1 Å². The van der Waals surface area contributed by atoms with Crippen molar-refractivity contribution < 1.29 is 19.0 Å². The van der Waals surface area contributed by atoms with Crippen molar-refractivity contribution in [3.05, 3.63) is 54.1 Å². The summed E-state index contributed by atoms with van der Waals surface area (Å²) in [4.78, 5) is 13.6. The van der Waals surface area contributed by atoms with Crippen LogP contribution in [0.4, 0.5) is 5.69 Å². The zero-order chi connectivity index (χ0) is 16.2. The predicted molar refractivity (Wildman–Crippen MR) is 87.4 cm³/mol. The third-order valence-corrected chi connectivity index (χ3v) is 3.76. The number of carbonyl (C=O) groups is 1. The highest BCUT2D eigenvalue weighted by molar-refractivity contribution is 5.89. The molecule has 3 rings (SSSR count). The summed E-state index contributed by atoms with van der Waals surface area (Å²) in [6.45, 7) is 1.20. The molecule has 2 aromatic carbocycles. The summed E-state index contributed by atoms with van der Waals surface area (Å²) in [5.74, 6) is 1.21. The number of methoxy groups -OCH3 is 1. The van der Waals surface area contributed by atoms with Crippen molar-refractivity contribution in [2.75, 3.05) is 32.2 Å². The molecular weight excluding hydrogens is 294 g/mol. The average molecular weight is 313 g/mol. The average Bonchev–Trinajstić information content (AvgIpc) is 2.60. The van der Waals surface area contributed by atoms with Crippen molar-refractivity contribution in [1.82, 2.24) is 0 Å². The number of anilines is 1. The van der Waals surface area contributed by atoms with Crippen LogP contribution in [0.25, 0.3) is 0 Å². The molecule has 2 aromatic rings. The monoisotopic (exact) mass is 313 g/mol. The van der Waals surface area contributed by atoms with E-state index in [2.05, 4.69) is 9.64 Å². The van der Waals surface area contributed by atoms with Crippen LogP contribution in [0, 0.1) is 0 Å². The van der Waals surface area contributed by atoms with E-state index in [1.807, 2.05) is 31.3 Å². The SMILES string of the molecule is COC(=O)c1ccc(OC[C@@H]2CN(C)c3ccccc3O2)cc1. The van der Waals surface area contributed by atoms with Gasteiger partial charge in [0.2, 0.25) is 0 Å². The van der Waals surface area contributed by atoms with E-state index in [1.54, 1.807) is 24.3 Å². The Kier molecular flexibility index (Phi) is 4.37. The van der Waals surface area contributed by atoms with Crippen molar-refractivity contribution in [2.45, 2.75) is 6.10 Å². The second kappa shape index (κ2) is 6.60. The van der Waals surface area contributed by atoms with Crippen LogP contribution < -0.4 is 14.4 Å². The van der Waals surface area contributed by atoms with Crippen LogP contribution in [0.15, 0.2) is 48.5 Å². The fourth-order valence-corrected chi connectivity index (χ4v) is 2.57. The molecule has 5 heteroatoms. The first kappa shape index (κ1) is 15.2. The van der Waals surface area contributed by atoms with Gasteiger partial charge >= 0.3 is 5.97 Å². The van der Waals surface area contributed by atoms with Crippen LogP contribution >= 0.6 is 0 Å². The van der Waals surface area contributed by atoms with Crippen LogP contribution in [-0.2, 0) is 4.74 Å². The van der Waals surface area contributed by atoms with Gasteiger partial charge in [0.25, 0.3) is 0 Å². The van der Waals surface area contributed by atoms with E-state index in [0.29, 0.717) is 17.9 Å².